The van der Waals surface area contributed by atoms with Crippen molar-refractivity contribution >= 4 is 23.3 Å². The Balaban J connectivity index is 2.24. The standard InChI is InChI=1S/C11H14ClN3O/c1-7-2-3-9(14-11(7)12)15-6-8(5-13)4-10(15)16/h2-3,8H,4-6,13H2,1H3. The Labute approximate surface area is 99.4 Å². The first kappa shape index (κ1) is 11.4. The lowest BCUT2D eigenvalue weighted by atomic mass is 10.1. The Bertz CT molecular complexity index is 422. The Hall–Kier alpha value is -1.13. The molecule has 5 heteroatoms. The van der Waals surface area contributed by atoms with Gasteiger partial charge in [0.1, 0.15) is 11.0 Å². The summed E-state index contributed by atoms with van der Waals surface area (Å²) < 4.78 is 0. The number of nitrogens with zero attached hydrogens (tertiary/aromatic N) is 2. The summed E-state index contributed by atoms with van der Waals surface area (Å²) in [5, 5.41) is 0.446. The molecular formula is C11H14ClN3O. The molecule has 0 aromatic carbocycles. The topological polar surface area (TPSA) is 59.2 Å². The molecule has 0 aliphatic carbocycles. The van der Waals surface area contributed by atoms with E-state index in [0.29, 0.717) is 30.5 Å². The van der Waals surface area contributed by atoms with Crippen molar-refractivity contribution < 1.29 is 4.79 Å². The first-order chi connectivity index (χ1) is 7.61. The van der Waals surface area contributed by atoms with Gasteiger partial charge in [-0.15, -0.1) is 0 Å². The van der Waals surface area contributed by atoms with Crippen molar-refractivity contribution in [3.63, 3.8) is 0 Å². The SMILES string of the molecule is Cc1ccc(N2CC(CN)CC2=O)nc1Cl. The van der Waals surface area contributed by atoms with Gasteiger partial charge in [0, 0.05) is 13.0 Å². The van der Waals surface area contributed by atoms with Crippen LogP contribution in [0.25, 0.3) is 0 Å². The van der Waals surface area contributed by atoms with Crippen LogP contribution in [0.2, 0.25) is 5.15 Å². The molecule has 1 atom stereocenters. The first-order valence-electron chi connectivity index (χ1n) is 5.25. The van der Waals surface area contributed by atoms with Gasteiger partial charge in [-0.3, -0.25) is 9.69 Å². The molecule has 86 valence electrons. The molecule has 1 aromatic heterocycles. The summed E-state index contributed by atoms with van der Waals surface area (Å²) in [5.74, 6) is 0.925. The van der Waals surface area contributed by atoms with Crippen LogP contribution in [0.1, 0.15) is 12.0 Å². The Morgan fingerprint density at radius 3 is 2.94 bits per heavy atom. The molecule has 2 heterocycles. The van der Waals surface area contributed by atoms with Crippen LogP contribution in [0.15, 0.2) is 12.1 Å². The fourth-order valence-corrected chi connectivity index (χ4v) is 1.96. The lowest BCUT2D eigenvalue weighted by molar-refractivity contribution is -0.117. The van der Waals surface area contributed by atoms with E-state index < -0.39 is 0 Å². The highest BCUT2D eigenvalue weighted by molar-refractivity contribution is 6.30. The molecule has 1 aromatic rings. The molecule has 16 heavy (non-hydrogen) atoms. The first-order valence-corrected chi connectivity index (χ1v) is 5.63. The maximum Gasteiger partial charge on any atom is 0.228 e. The van der Waals surface area contributed by atoms with E-state index in [9.17, 15) is 4.79 Å². The summed E-state index contributed by atoms with van der Waals surface area (Å²) in [6.45, 7) is 3.05. The zero-order chi connectivity index (χ0) is 11.7. The van der Waals surface area contributed by atoms with Gasteiger partial charge in [0.2, 0.25) is 5.91 Å². The summed E-state index contributed by atoms with van der Waals surface area (Å²) in [6.07, 6.45) is 0.504. The molecule has 1 amide bonds. The highest BCUT2D eigenvalue weighted by atomic mass is 35.5. The molecular weight excluding hydrogens is 226 g/mol. The number of pyridine rings is 1. The van der Waals surface area contributed by atoms with Gasteiger partial charge in [-0.05, 0) is 31.0 Å². The number of amides is 1. The third-order valence-electron chi connectivity index (χ3n) is 2.84. The van der Waals surface area contributed by atoms with Crippen molar-refractivity contribution in [2.75, 3.05) is 18.0 Å². The van der Waals surface area contributed by atoms with Crippen molar-refractivity contribution in [3.8, 4) is 0 Å². The highest BCUT2D eigenvalue weighted by Crippen LogP contribution is 2.25. The van der Waals surface area contributed by atoms with Gasteiger partial charge in [0.05, 0.1) is 0 Å². The minimum Gasteiger partial charge on any atom is -0.330 e. The van der Waals surface area contributed by atoms with Gasteiger partial charge in [-0.1, -0.05) is 17.7 Å². The number of nitrogens with two attached hydrogens (primary N) is 1. The van der Waals surface area contributed by atoms with Gasteiger partial charge in [-0.2, -0.15) is 0 Å². The van der Waals surface area contributed by atoms with Crippen LogP contribution < -0.4 is 10.6 Å². The summed E-state index contributed by atoms with van der Waals surface area (Å²) in [7, 11) is 0. The molecule has 2 N–H and O–H groups in total. The summed E-state index contributed by atoms with van der Waals surface area (Å²) in [6, 6.07) is 3.69. The van der Waals surface area contributed by atoms with E-state index in [1.807, 2.05) is 19.1 Å². The quantitative estimate of drug-likeness (QED) is 0.793. The molecule has 1 aliphatic rings. The van der Waals surface area contributed by atoms with E-state index in [-0.39, 0.29) is 11.8 Å². The fraction of sp³-hybridized carbons (Fsp3) is 0.455. The molecule has 2 rings (SSSR count). The number of aryl methyl sites for hydroxylation is 1. The molecule has 1 fully saturated rings. The maximum absolute atomic E-state index is 11.7. The summed E-state index contributed by atoms with van der Waals surface area (Å²) in [4.78, 5) is 17.6. The van der Waals surface area contributed by atoms with Crippen molar-refractivity contribution in [2.45, 2.75) is 13.3 Å². The van der Waals surface area contributed by atoms with E-state index in [2.05, 4.69) is 4.98 Å². The number of hydrogen-bond donors (Lipinski definition) is 1. The number of aromatic nitrogens is 1. The van der Waals surface area contributed by atoms with E-state index in [1.54, 1.807) is 4.90 Å². The van der Waals surface area contributed by atoms with Crippen LogP contribution >= 0.6 is 11.6 Å². The zero-order valence-electron chi connectivity index (χ0n) is 9.11. The monoisotopic (exact) mass is 239 g/mol. The minimum atomic E-state index is 0.0721. The molecule has 0 saturated carbocycles. The van der Waals surface area contributed by atoms with Gasteiger partial charge < -0.3 is 5.73 Å². The second-order valence-corrected chi connectivity index (χ2v) is 4.45. The van der Waals surface area contributed by atoms with Crippen LogP contribution in [-0.4, -0.2) is 24.0 Å². The Morgan fingerprint density at radius 2 is 2.38 bits per heavy atom. The predicted octanol–water partition coefficient (Wildman–Crippen LogP) is 1.36. The number of anilines is 1. The van der Waals surface area contributed by atoms with Crippen molar-refractivity contribution in [1.82, 2.24) is 4.98 Å². The van der Waals surface area contributed by atoms with Gasteiger partial charge >= 0.3 is 0 Å². The number of carbonyl (C=O) groups excluding carboxylic acids is 1. The molecule has 0 bridgehead atoms. The lowest BCUT2D eigenvalue weighted by Crippen LogP contribution is -2.26. The third-order valence-corrected chi connectivity index (χ3v) is 3.22. The van der Waals surface area contributed by atoms with E-state index >= 15 is 0 Å². The molecule has 0 radical (unpaired) electrons. The van der Waals surface area contributed by atoms with Gasteiger partial charge in [0.15, 0.2) is 0 Å². The highest BCUT2D eigenvalue weighted by Gasteiger charge is 2.30. The minimum absolute atomic E-state index is 0.0721. The van der Waals surface area contributed by atoms with Crippen LogP contribution in [0.3, 0.4) is 0 Å². The van der Waals surface area contributed by atoms with E-state index in [4.69, 9.17) is 17.3 Å². The van der Waals surface area contributed by atoms with Crippen molar-refractivity contribution in [3.05, 3.63) is 22.8 Å². The van der Waals surface area contributed by atoms with Gasteiger partial charge in [-0.25, -0.2) is 4.98 Å². The van der Waals surface area contributed by atoms with Crippen LogP contribution in [0.5, 0.6) is 0 Å². The number of halogens is 1. The summed E-state index contributed by atoms with van der Waals surface area (Å²) >= 11 is 5.94. The van der Waals surface area contributed by atoms with Crippen LogP contribution in [-0.2, 0) is 4.79 Å². The Morgan fingerprint density at radius 1 is 1.62 bits per heavy atom. The second-order valence-electron chi connectivity index (χ2n) is 4.09. The third kappa shape index (κ3) is 2.03. The van der Waals surface area contributed by atoms with Gasteiger partial charge in [0.25, 0.3) is 0 Å². The fourth-order valence-electron chi connectivity index (χ4n) is 1.81. The largest absolute Gasteiger partial charge is 0.330 e. The second kappa shape index (κ2) is 4.39. The molecule has 1 aliphatic heterocycles. The number of carbonyl (C=O) groups is 1. The smallest absolute Gasteiger partial charge is 0.228 e. The van der Waals surface area contributed by atoms with E-state index in [1.165, 1.54) is 0 Å². The molecule has 0 spiro atoms. The Kier molecular flexibility index (Phi) is 3.12. The van der Waals surface area contributed by atoms with E-state index in [0.717, 1.165) is 5.56 Å². The average molecular weight is 240 g/mol. The normalized spacial score (nSPS) is 20.6. The summed E-state index contributed by atoms with van der Waals surface area (Å²) in [5.41, 5.74) is 6.47. The predicted molar refractivity (Wildman–Crippen MR) is 63.5 cm³/mol. The van der Waals surface area contributed by atoms with Crippen molar-refractivity contribution in [1.29, 1.82) is 0 Å². The molecule has 1 unspecified atom stereocenters. The van der Waals surface area contributed by atoms with Crippen molar-refractivity contribution in [2.24, 2.45) is 11.7 Å². The maximum atomic E-state index is 11.7. The average Bonchev–Trinajstić information content (AvgIpc) is 2.64. The van der Waals surface area contributed by atoms with Crippen LogP contribution in [0, 0.1) is 12.8 Å². The molecule has 4 nitrogen and oxygen atoms in total. The van der Waals surface area contributed by atoms with Crippen LogP contribution in [0.4, 0.5) is 5.82 Å². The number of hydrogen-bond acceptors (Lipinski definition) is 3. The molecule has 1 saturated heterocycles. The lowest BCUT2D eigenvalue weighted by Gasteiger charge is -2.15. The number of rotatable bonds is 2. The zero-order valence-corrected chi connectivity index (χ0v) is 9.87.